The molecule has 110 valence electrons. The third-order valence-corrected chi connectivity index (χ3v) is 4.69. The molecule has 0 unspecified atom stereocenters. The van der Waals surface area contributed by atoms with E-state index >= 15 is 0 Å². The third-order valence-electron chi connectivity index (χ3n) is 3.58. The third kappa shape index (κ3) is 2.61. The number of aromatic nitrogens is 4. The van der Waals surface area contributed by atoms with Crippen molar-refractivity contribution in [1.29, 1.82) is 0 Å². The van der Waals surface area contributed by atoms with Gasteiger partial charge in [-0.05, 0) is 38.4 Å². The van der Waals surface area contributed by atoms with Crippen molar-refractivity contribution in [3.63, 3.8) is 0 Å². The topological polar surface area (TPSA) is 55.6 Å². The largest absolute Gasteiger partial charge is 0.365 e. The number of nitrogens with zero attached hydrogens (tertiary/aromatic N) is 4. The van der Waals surface area contributed by atoms with Crippen LogP contribution in [0.15, 0.2) is 6.07 Å². The van der Waals surface area contributed by atoms with Gasteiger partial charge in [0.1, 0.15) is 10.6 Å². The van der Waals surface area contributed by atoms with Crippen molar-refractivity contribution in [1.82, 2.24) is 19.7 Å². The fourth-order valence-electron chi connectivity index (χ4n) is 2.40. The van der Waals surface area contributed by atoms with Crippen molar-refractivity contribution < 1.29 is 0 Å². The molecule has 3 heterocycles. The van der Waals surface area contributed by atoms with E-state index < -0.39 is 0 Å². The van der Waals surface area contributed by atoms with Crippen LogP contribution in [-0.4, -0.2) is 19.7 Å². The Labute approximate surface area is 132 Å². The van der Waals surface area contributed by atoms with Crippen LogP contribution >= 0.6 is 22.9 Å². The molecule has 0 amide bonds. The highest BCUT2D eigenvalue weighted by atomic mass is 35.5. The summed E-state index contributed by atoms with van der Waals surface area (Å²) in [4.78, 5) is 10.7. The maximum Gasteiger partial charge on any atom is 0.225 e. The number of thiophene rings is 1. The Morgan fingerprint density at radius 2 is 2.05 bits per heavy atom. The van der Waals surface area contributed by atoms with E-state index in [1.165, 1.54) is 10.4 Å². The van der Waals surface area contributed by atoms with E-state index in [1.54, 1.807) is 11.3 Å². The van der Waals surface area contributed by atoms with Gasteiger partial charge in [0, 0.05) is 29.7 Å². The minimum absolute atomic E-state index is 0.270. The summed E-state index contributed by atoms with van der Waals surface area (Å²) in [6.45, 7) is 6.80. The van der Waals surface area contributed by atoms with E-state index in [4.69, 9.17) is 11.6 Å². The van der Waals surface area contributed by atoms with Gasteiger partial charge >= 0.3 is 0 Å². The van der Waals surface area contributed by atoms with E-state index in [9.17, 15) is 0 Å². The van der Waals surface area contributed by atoms with E-state index in [0.29, 0.717) is 6.54 Å². The van der Waals surface area contributed by atoms with Crippen LogP contribution in [0.3, 0.4) is 0 Å². The Kier molecular flexibility index (Phi) is 3.59. The number of hydrogen-bond donors (Lipinski definition) is 1. The number of nitrogens with one attached hydrogen (secondary N) is 1. The van der Waals surface area contributed by atoms with Crippen LogP contribution in [0.1, 0.15) is 21.8 Å². The Morgan fingerprint density at radius 1 is 1.29 bits per heavy atom. The molecule has 0 atom stereocenters. The van der Waals surface area contributed by atoms with Gasteiger partial charge in [-0.2, -0.15) is 5.10 Å². The molecule has 1 N–H and O–H groups in total. The summed E-state index contributed by atoms with van der Waals surface area (Å²) in [5.74, 6) is 0.775. The van der Waals surface area contributed by atoms with E-state index in [2.05, 4.69) is 40.3 Å². The lowest BCUT2D eigenvalue weighted by atomic mass is 10.2. The van der Waals surface area contributed by atoms with Gasteiger partial charge in [-0.15, -0.1) is 11.3 Å². The number of fused-ring (bicyclic) bond motifs is 1. The molecule has 0 aliphatic rings. The van der Waals surface area contributed by atoms with Gasteiger partial charge in [-0.3, -0.25) is 4.68 Å². The summed E-state index contributed by atoms with van der Waals surface area (Å²) in [5, 5.41) is 9.08. The average Bonchev–Trinajstić information content (AvgIpc) is 2.88. The van der Waals surface area contributed by atoms with Gasteiger partial charge in [0.2, 0.25) is 5.28 Å². The number of anilines is 1. The molecular formula is C14H16ClN5S. The zero-order chi connectivity index (χ0) is 15.1. The maximum atomic E-state index is 6.01. The number of hydrogen-bond acceptors (Lipinski definition) is 5. The Bertz CT molecular complexity index is 820. The molecule has 0 aliphatic heterocycles. The molecule has 0 bridgehead atoms. The van der Waals surface area contributed by atoms with Crippen LogP contribution in [0.25, 0.3) is 10.2 Å². The molecule has 3 aromatic rings. The highest BCUT2D eigenvalue weighted by Gasteiger charge is 2.12. The zero-order valence-corrected chi connectivity index (χ0v) is 13.9. The Hall–Kier alpha value is -1.66. The van der Waals surface area contributed by atoms with Crippen LogP contribution in [-0.2, 0) is 13.6 Å². The fourth-order valence-corrected chi connectivity index (χ4v) is 3.49. The number of halogens is 1. The second-order valence-corrected chi connectivity index (χ2v) is 6.62. The van der Waals surface area contributed by atoms with Crippen molar-refractivity contribution in [2.45, 2.75) is 27.3 Å². The highest BCUT2D eigenvalue weighted by Crippen LogP contribution is 2.30. The predicted molar refractivity (Wildman–Crippen MR) is 87.2 cm³/mol. The second kappa shape index (κ2) is 5.27. The zero-order valence-electron chi connectivity index (χ0n) is 12.4. The number of aryl methyl sites for hydroxylation is 3. The lowest BCUT2D eigenvalue weighted by molar-refractivity contribution is 0.730. The first-order chi connectivity index (χ1) is 9.95. The summed E-state index contributed by atoms with van der Waals surface area (Å²) in [6.07, 6.45) is 0. The quantitative estimate of drug-likeness (QED) is 0.749. The highest BCUT2D eigenvalue weighted by molar-refractivity contribution is 7.18. The second-order valence-electron chi connectivity index (χ2n) is 5.04. The van der Waals surface area contributed by atoms with Gasteiger partial charge in [-0.25, -0.2) is 9.97 Å². The Morgan fingerprint density at radius 3 is 2.71 bits per heavy atom. The van der Waals surface area contributed by atoms with Crippen LogP contribution in [0.2, 0.25) is 5.28 Å². The first-order valence-electron chi connectivity index (χ1n) is 6.62. The van der Waals surface area contributed by atoms with Gasteiger partial charge in [-0.1, -0.05) is 0 Å². The predicted octanol–water partition coefficient (Wildman–Crippen LogP) is 3.62. The molecule has 0 aromatic carbocycles. The van der Waals surface area contributed by atoms with Crippen molar-refractivity contribution in [3.05, 3.63) is 33.2 Å². The average molecular weight is 322 g/mol. The maximum absolute atomic E-state index is 6.01. The van der Waals surface area contributed by atoms with Crippen molar-refractivity contribution in [2.75, 3.05) is 5.32 Å². The normalized spacial score (nSPS) is 11.3. The van der Waals surface area contributed by atoms with E-state index in [1.807, 2.05) is 18.7 Å². The molecule has 3 aromatic heterocycles. The van der Waals surface area contributed by atoms with Crippen LogP contribution < -0.4 is 5.32 Å². The van der Waals surface area contributed by atoms with Crippen LogP contribution in [0, 0.1) is 20.8 Å². The fraction of sp³-hybridized carbons (Fsp3) is 0.357. The first kappa shape index (κ1) is 14.3. The lowest BCUT2D eigenvalue weighted by Crippen LogP contribution is -2.04. The SMILES string of the molecule is Cc1cc2c(NCc3c(C)nn(C)c3C)nc(Cl)nc2s1. The minimum atomic E-state index is 0.270. The molecule has 5 nitrogen and oxygen atoms in total. The molecule has 0 saturated heterocycles. The summed E-state index contributed by atoms with van der Waals surface area (Å²) >= 11 is 7.63. The molecule has 21 heavy (non-hydrogen) atoms. The van der Waals surface area contributed by atoms with Gasteiger partial charge < -0.3 is 5.32 Å². The molecule has 0 aliphatic carbocycles. The summed E-state index contributed by atoms with van der Waals surface area (Å²) in [6, 6.07) is 2.08. The van der Waals surface area contributed by atoms with Crippen molar-refractivity contribution in [3.8, 4) is 0 Å². The molecule has 3 rings (SSSR count). The van der Waals surface area contributed by atoms with Crippen molar-refractivity contribution >= 4 is 39.0 Å². The van der Waals surface area contributed by atoms with Gasteiger partial charge in [0.05, 0.1) is 11.1 Å². The monoisotopic (exact) mass is 321 g/mol. The molecule has 0 radical (unpaired) electrons. The van der Waals surface area contributed by atoms with Crippen LogP contribution in [0.5, 0.6) is 0 Å². The van der Waals surface area contributed by atoms with Gasteiger partial charge in [0.25, 0.3) is 0 Å². The number of rotatable bonds is 3. The minimum Gasteiger partial charge on any atom is -0.365 e. The smallest absolute Gasteiger partial charge is 0.225 e. The van der Waals surface area contributed by atoms with E-state index in [0.717, 1.165) is 27.4 Å². The van der Waals surface area contributed by atoms with Crippen LogP contribution in [0.4, 0.5) is 5.82 Å². The summed E-state index contributed by atoms with van der Waals surface area (Å²) in [5.41, 5.74) is 3.37. The first-order valence-corrected chi connectivity index (χ1v) is 7.82. The molecule has 7 heteroatoms. The summed E-state index contributed by atoms with van der Waals surface area (Å²) < 4.78 is 1.89. The molecular weight excluding hydrogens is 306 g/mol. The lowest BCUT2D eigenvalue weighted by Gasteiger charge is -2.07. The standard InChI is InChI=1S/C14H16ClN5S/c1-7-5-10-12(17-14(15)18-13(10)21-7)16-6-11-8(2)19-20(4)9(11)3/h5H,6H2,1-4H3,(H,16,17,18). The van der Waals surface area contributed by atoms with E-state index in [-0.39, 0.29) is 5.28 Å². The molecule has 0 fully saturated rings. The van der Waals surface area contributed by atoms with Crippen molar-refractivity contribution in [2.24, 2.45) is 7.05 Å². The summed E-state index contributed by atoms with van der Waals surface area (Å²) in [7, 11) is 1.95. The molecule has 0 spiro atoms. The van der Waals surface area contributed by atoms with Gasteiger partial charge in [0.15, 0.2) is 0 Å². The Balaban J connectivity index is 1.95. The molecule has 0 saturated carbocycles.